The molecule has 1 heterocycles. The van der Waals surface area contributed by atoms with Gasteiger partial charge in [-0.25, -0.2) is 9.97 Å². The fraction of sp³-hybridized carbons (Fsp3) is 0.286. The number of anilines is 2. The molecule has 2 aromatic rings. The highest BCUT2D eigenvalue weighted by molar-refractivity contribution is 6.43. The summed E-state index contributed by atoms with van der Waals surface area (Å²) in [7, 11) is 0. The van der Waals surface area contributed by atoms with E-state index in [4.69, 9.17) is 33.7 Å². The van der Waals surface area contributed by atoms with E-state index in [-0.39, 0.29) is 0 Å². The molecule has 0 unspecified atom stereocenters. The van der Waals surface area contributed by atoms with Crippen LogP contribution in [0.15, 0.2) is 24.4 Å². The average molecular weight is 327 g/mol. The van der Waals surface area contributed by atoms with E-state index in [1.165, 1.54) is 0 Å². The van der Waals surface area contributed by atoms with Gasteiger partial charge in [0.05, 0.1) is 22.8 Å². The summed E-state index contributed by atoms with van der Waals surface area (Å²) in [6, 6.07) is 5.30. The number of halogens is 2. The van der Waals surface area contributed by atoms with Crippen molar-refractivity contribution in [2.45, 2.75) is 6.92 Å². The van der Waals surface area contributed by atoms with Gasteiger partial charge in [-0.1, -0.05) is 35.3 Å². The van der Waals surface area contributed by atoms with Crippen LogP contribution in [-0.2, 0) is 4.74 Å². The van der Waals surface area contributed by atoms with Gasteiger partial charge in [-0.3, -0.25) is 0 Å². The highest BCUT2D eigenvalue weighted by Crippen LogP contribution is 2.34. The standard InChI is InChI=1S/C14H16Cl2N4O/c1-2-21-7-6-18-11-8-19-13(14(17)20-11)9-4-3-5-10(15)12(9)16/h3-5,8H,2,6-7H2,1H3,(H3,17,18,20). The number of nitrogen functional groups attached to an aromatic ring is 1. The van der Waals surface area contributed by atoms with Gasteiger partial charge >= 0.3 is 0 Å². The number of aromatic nitrogens is 2. The van der Waals surface area contributed by atoms with Crippen LogP contribution in [0.4, 0.5) is 11.6 Å². The first-order valence-electron chi connectivity index (χ1n) is 6.52. The van der Waals surface area contributed by atoms with Gasteiger partial charge in [0.1, 0.15) is 11.5 Å². The molecule has 2 rings (SSSR count). The third-order valence-corrected chi connectivity index (χ3v) is 3.58. The van der Waals surface area contributed by atoms with Crippen LogP contribution < -0.4 is 11.1 Å². The monoisotopic (exact) mass is 326 g/mol. The van der Waals surface area contributed by atoms with Gasteiger partial charge in [-0.05, 0) is 13.0 Å². The van der Waals surface area contributed by atoms with Gasteiger partial charge in [-0.2, -0.15) is 0 Å². The zero-order valence-electron chi connectivity index (χ0n) is 11.6. The predicted octanol–water partition coefficient (Wildman–Crippen LogP) is 3.48. The molecule has 1 aromatic heterocycles. The van der Waals surface area contributed by atoms with E-state index in [2.05, 4.69) is 15.3 Å². The minimum absolute atomic E-state index is 0.292. The first-order valence-corrected chi connectivity index (χ1v) is 7.27. The van der Waals surface area contributed by atoms with E-state index in [9.17, 15) is 0 Å². The van der Waals surface area contributed by atoms with Gasteiger partial charge in [0.15, 0.2) is 5.82 Å². The first-order chi connectivity index (χ1) is 10.1. The van der Waals surface area contributed by atoms with E-state index in [1.54, 1.807) is 24.4 Å². The van der Waals surface area contributed by atoms with Crippen LogP contribution in [0.5, 0.6) is 0 Å². The summed E-state index contributed by atoms with van der Waals surface area (Å²) >= 11 is 12.2. The predicted molar refractivity (Wildman–Crippen MR) is 86.9 cm³/mol. The maximum absolute atomic E-state index is 6.17. The van der Waals surface area contributed by atoms with Crippen LogP contribution >= 0.6 is 23.2 Å². The smallest absolute Gasteiger partial charge is 0.152 e. The highest BCUT2D eigenvalue weighted by atomic mass is 35.5. The van der Waals surface area contributed by atoms with Crippen LogP contribution in [0.25, 0.3) is 11.3 Å². The van der Waals surface area contributed by atoms with E-state index in [0.29, 0.717) is 52.7 Å². The lowest BCUT2D eigenvalue weighted by Gasteiger charge is -2.10. The third kappa shape index (κ3) is 3.97. The second kappa shape index (κ2) is 7.45. The van der Waals surface area contributed by atoms with Crippen molar-refractivity contribution in [3.63, 3.8) is 0 Å². The van der Waals surface area contributed by atoms with E-state index < -0.39 is 0 Å². The molecule has 0 radical (unpaired) electrons. The summed E-state index contributed by atoms with van der Waals surface area (Å²) in [5.41, 5.74) is 7.13. The summed E-state index contributed by atoms with van der Waals surface area (Å²) in [5.74, 6) is 0.884. The number of rotatable bonds is 6. The van der Waals surface area contributed by atoms with Crippen LogP contribution in [-0.4, -0.2) is 29.7 Å². The number of benzene rings is 1. The van der Waals surface area contributed by atoms with Crippen molar-refractivity contribution in [1.29, 1.82) is 0 Å². The van der Waals surface area contributed by atoms with Crippen molar-refractivity contribution >= 4 is 34.8 Å². The number of nitrogens with two attached hydrogens (primary N) is 1. The normalized spacial score (nSPS) is 10.6. The molecule has 0 saturated carbocycles. The fourth-order valence-corrected chi connectivity index (χ4v) is 2.17. The third-order valence-electron chi connectivity index (χ3n) is 2.76. The summed E-state index contributed by atoms with van der Waals surface area (Å²) in [5, 5.41) is 3.95. The lowest BCUT2D eigenvalue weighted by molar-refractivity contribution is 0.158. The fourth-order valence-electron chi connectivity index (χ4n) is 1.78. The molecule has 7 heteroatoms. The van der Waals surface area contributed by atoms with Crippen molar-refractivity contribution in [2.75, 3.05) is 30.8 Å². The van der Waals surface area contributed by atoms with Gasteiger partial charge in [-0.15, -0.1) is 0 Å². The van der Waals surface area contributed by atoms with Crippen molar-refractivity contribution in [3.05, 3.63) is 34.4 Å². The number of nitrogens with one attached hydrogen (secondary N) is 1. The van der Waals surface area contributed by atoms with Crippen LogP contribution in [0.1, 0.15) is 6.92 Å². The lowest BCUT2D eigenvalue weighted by atomic mass is 10.1. The Morgan fingerprint density at radius 2 is 2.14 bits per heavy atom. The zero-order chi connectivity index (χ0) is 15.2. The maximum Gasteiger partial charge on any atom is 0.152 e. The van der Waals surface area contributed by atoms with Crippen LogP contribution in [0.2, 0.25) is 10.0 Å². The second-order valence-electron chi connectivity index (χ2n) is 4.21. The average Bonchev–Trinajstić information content (AvgIpc) is 2.47. The lowest BCUT2D eigenvalue weighted by Crippen LogP contribution is -2.11. The quantitative estimate of drug-likeness (QED) is 0.795. The molecule has 0 saturated heterocycles. The molecule has 0 spiro atoms. The molecule has 0 aliphatic heterocycles. The molecule has 0 aliphatic carbocycles. The highest BCUT2D eigenvalue weighted by Gasteiger charge is 2.12. The van der Waals surface area contributed by atoms with Gasteiger partial charge in [0.25, 0.3) is 0 Å². The molecule has 112 valence electrons. The van der Waals surface area contributed by atoms with E-state index >= 15 is 0 Å². The Bertz CT molecular complexity index is 622. The summed E-state index contributed by atoms with van der Waals surface area (Å²) < 4.78 is 5.23. The largest absolute Gasteiger partial charge is 0.382 e. The molecule has 21 heavy (non-hydrogen) atoms. The summed E-state index contributed by atoms with van der Waals surface area (Å²) in [4.78, 5) is 8.58. The molecule has 0 aliphatic rings. The molecule has 0 atom stereocenters. The van der Waals surface area contributed by atoms with Gasteiger partial charge < -0.3 is 15.8 Å². The van der Waals surface area contributed by atoms with Gasteiger partial charge in [0, 0.05) is 18.7 Å². The molecule has 5 nitrogen and oxygen atoms in total. The second-order valence-corrected chi connectivity index (χ2v) is 5.00. The van der Waals surface area contributed by atoms with Crippen molar-refractivity contribution in [3.8, 4) is 11.3 Å². The molecular formula is C14H16Cl2N4O. The van der Waals surface area contributed by atoms with Crippen LogP contribution in [0, 0.1) is 0 Å². The minimum atomic E-state index is 0.292. The number of nitrogens with zero attached hydrogens (tertiary/aromatic N) is 2. The Morgan fingerprint density at radius 3 is 2.86 bits per heavy atom. The molecular weight excluding hydrogens is 311 g/mol. The Balaban J connectivity index is 2.17. The number of ether oxygens (including phenoxy) is 1. The molecule has 0 fully saturated rings. The summed E-state index contributed by atoms with van der Waals surface area (Å²) in [6.45, 7) is 3.86. The Kier molecular flexibility index (Phi) is 5.61. The first kappa shape index (κ1) is 15.8. The Labute approximate surface area is 133 Å². The van der Waals surface area contributed by atoms with E-state index in [0.717, 1.165) is 0 Å². The van der Waals surface area contributed by atoms with Crippen molar-refractivity contribution in [1.82, 2.24) is 9.97 Å². The minimum Gasteiger partial charge on any atom is -0.382 e. The SMILES string of the molecule is CCOCCNc1cnc(-c2cccc(Cl)c2Cl)c(N)n1. The van der Waals surface area contributed by atoms with Crippen LogP contribution in [0.3, 0.4) is 0 Å². The molecule has 0 amide bonds. The Hall–Kier alpha value is -1.56. The van der Waals surface area contributed by atoms with Crippen molar-refractivity contribution < 1.29 is 4.74 Å². The maximum atomic E-state index is 6.17. The topological polar surface area (TPSA) is 73.1 Å². The summed E-state index contributed by atoms with van der Waals surface area (Å²) in [6.07, 6.45) is 1.61. The molecule has 3 N–H and O–H groups in total. The van der Waals surface area contributed by atoms with Crippen molar-refractivity contribution in [2.24, 2.45) is 0 Å². The number of hydrogen-bond acceptors (Lipinski definition) is 5. The number of hydrogen-bond donors (Lipinski definition) is 2. The van der Waals surface area contributed by atoms with Gasteiger partial charge in [0.2, 0.25) is 0 Å². The molecule has 1 aromatic carbocycles. The zero-order valence-corrected chi connectivity index (χ0v) is 13.1. The Morgan fingerprint density at radius 1 is 1.33 bits per heavy atom. The molecule has 0 bridgehead atoms. The van der Waals surface area contributed by atoms with E-state index in [1.807, 2.05) is 6.92 Å².